The fraction of sp³-hybridized carbons (Fsp3) is 0.500. The molecule has 0 radical (unpaired) electrons. The van der Waals surface area contributed by atoms with Gasteiger partial charge in [0.15, 0.2) is 0 Å². The maximum Gasteiger partial charge on any atom is 0.224 e. The molecule has 1 aliphatic carbocycles. The highest BCUT2D eigenvalue weighted by atomic mass is 16.3. The summed E-state index contributed by atoms with van der Waals surface area (Å²) >= 11 is 0. The molecule has 0 saturated heterocycles. The van der Waals surface area contributed by atoms with Crippen molar-refractivity contribution in [1.29, 1.82) is 0 Å². The second-order valence-electron chi connectivity index (χ2n) is 7.27. The minimum absolute atomic E-state index is 0.0540. The van der Waals surface area contributed by atoms with Crippen molar-refractivity contribution in [2.75, 3.05) is 13.6 Å². The van der Waals surface area contributed by atoms with E-state index < -0.39 is 5.60 Å². The third-order valence-corrected chi connectivity index (χ3v) is 5.33. The fourth-order valence-corrected chi connectivity index (χ4v) is 3.96. The highest BCUT2D eigenvalue weighted by molar-refractivity contribution is 5.81. The summed E-state index contributed by atoms with van der Waals surface area (Å²) in [6, 6.07) is 7.54. The molecule has 1 aliphatic heterocycles. The Morgan fingerprint density at radius 2 is 1.96 bits per heavy atom. The maximum absolute atomic E-state index is 12.8. The topological polar surface area (TPSA) is 60.9 Å². The molecule has 2 aliphatic rings. The van der Waals surface area contributed by atoms with Crippen LogP contribution in [0.1, 0.15) is 56.2 Å². The van der Waals surface area contributed by atoms with Gasteiger partial charge in [0, 0.05) is 26.7 Å². The van der Waals surface area contributed by atoms with Crippen molar-refractivity contribution in [2.24, 2.45) is 0 Å². The molecule has 2 amide bonds. The van der Waals surface area contributed by atoms with Gasteiger partial charge in [-0.2, -0.15) is 0 Å². The van der Waals surface area contributed by atoms with E-state index in [2.05, 4.69) is 0 Å². The van der Waals surface area contributed by atoms with E-state index in [1.54, 1.807) is 23.0 Å². The third-order valence-electron chi connectivity index (χ3n) is 5.33. The molecule has 5 nitrogen and oxygen atoms in total. The summed E-state index contributed by atoms with van der Waals surface area (Å²) in [6.07, 6.45) is 7.40. The van der Waals surface area contributed by atoms with Gasteiger partial charge in [-0.05, 0) is 30.0 Å². The van der Waals surface area contributed by atoms with Crippen LogP contribution in [-0.4, -0.2) is 45.9 Å². The lowest BCUT2D eigenvalue weighted by Crippen LogP contribution is -2.43. The Morgan fingerprint density at radius 1 is 1.28 bits per heavy atom. The van der Waals surface area contributed by atoms with Crippen molar-refractivity contribution in [3.05, 3.63) is 41.6 Å². The number of hydrogen-bond acceptors (Lipinski definition) is 3. The van der Waals surface area contributed by atoms with Crippen LogP contribution in [-0.2, 0) is 9.59 Å². The summed E-state index contributed by atoms with van der Waals surface area (Å²) in [5, 5.41) is 10.5. The molecule has 25 heavy (non-hydrogen) atoms. The van der Waals surface area contributed by atoms with E-state index >= 15 is 0 Å². The molecule has 1 aromatic rings. The molecule has 1 fully saturated rings. The first kappa shape index (κ1) is 17.7. The quantitative estimate of drug-likeness (QED) is 0.915. The number of fused-ring (bicyclic) bond motifs is 1. The average Bonchev–Trinajstić information content (AvgIpc) is 3.00. The van der Waals surface area contributed by atoms with Crippen LogP contribution in [0, 0.1) is 0 Å². The SMILES string of the molecule is CC(=O)N1C=Cc2ccccc2C1CC(=O)N(C)CC1(O)CCCC1. The summed E-state index contributed by atoms with van der Waals surface area (Å²) < 4.78 is 0. The lowest BCUT2D eigenvalue weighted by atomic mass is 9.93. The van der Waals surface area contributed by atoms with Gasteiger partial charge in [-0.25, -0.2) is 0 Å². The lowest BCUT2D eigenvalue weighted by molar-refractivity contribution is -0.136. The molecule has 0 bridgehead atoms. The first-order valence-corrected chi connectivity index (χ1v) is 8.92. The number of benzene rings is 1. The van der Waals surface area contributed by atoms with Crippen LogP contribution in [0.25, 0.3) is 6.08 Å². The Hall–Kier alpha value is -2.14. The molecule has 0 aromatic heterocycles. The standard InChI is InChI=1S/C20H26N2O3/c1-15(23)22-12-9-16-7-3-4-8-17(16)18(22)13-19(24)21(2)14-20(25)10-5-6-11-20/h3-4,7-9,12,18,25H,5-6,10-11,13-14H2,1-2H3. The van der Waals surface area contributed by atoms with Gasteiger partial charge in [0.25, 0.3) is 0 Å². The van der Waals surface area contributed by atoms with Crippen molar-refractivity contribution >= 4 is 17.9 Å². The van der Waals surface area contributed by atoms with Gasteiger partial charge < -0.3 is 14.9 Å². The lowest BCUT2D eigenvalue weighted by Gasteiger charge is -2.34. The number of carbonyl (C=O) groups is 2. The molecular weight excluding hydrogens is 316 g/mol. The van der Waals surface area contributed by atoms with Crippen LogP contribution in [0.3, 0.4) is 0 Å². The van der Waals surface area contributed by atoms with E-state index in [0.29, 0.717) is 6.54 Å². The molecular formula is C20H26N2O3. The van der Waals surface area contributed by atoms with E-state index in [0.717, 1.165) is 36.8 Å². The largest absolute Gasteiger partial charge is 0.388 e. The zero-order chi connectivity index (χ0) is 18.0. The summed E-state index contributed by atoms with van der Waals surface area (Å²) in [5.41, 5.74) is 1.27. The van der Waals surface area contributed by atoms with Crippen molar-refractivity contribution in [2.45, 2.75) is 50.7 Å². The number of nitrogens with zero attached hydrogens (tertiary/aromatic N) is 2. The summed E-state index contributed by atoms with van der Waals surface area (Å²) in [5.74, 6) is -0.137. The molecule has 1 unspecified atom stereocenters. The number of rotatable bonds is 4. The number of amides is 2. The van der Waals surface area contributed by atoms with Gasteiger partial charge in [-0.3, -0.25) is 9.59 Å². The highest BCUT2D eigenvalue weighted by Gasteiger charge is 2.35. The van der Waals surface area contributed by atoms with Gasteiger partial charge in [0.05, 0.1) is 18.1 Å². The van der Waals surface area contributed by atoms with Crippen LogP contribution in [0.15, 0.2) is 30.5 Å². The smallest absolute Gasteiger partial charge is 0.224 e. The van der Waals surface area contributed by atoms with Crippen LogP contribution < -0.4 is 0 Å². The normalized spacial score (nSPS) is 21.1. The van der Waals surface area contributed by atoms with E-state index in [1.807, 2.05) is 30.3 Å². The van der Waals surface area contributed by atoms with Crippen molar-refractivity contribution in [3.63, 3.8) is 0 Å². The Balaban J connectivity index is 1.75. The summed E-state index contributed by atoms with van der Waals surface area (Å²) in [7, 11) is 1.74. The Morgan fingerprint density at radius 3 is 2.64 bits per heavy atom. The van der Waals surface area contributed by atoms with Crippen molar-refractivity contribution < 1.29 is 14.7 Å². The Bertz CT molecular complexity index is 692. The number of carbonyl (C=O) groups excluding carboxylic acids is 2. The monoisotopic (exact) mass is 342 g/mol. The van der Waals surface area contributed by atoms with Crippen LogP contribution >= 0.6 is 0 Å². The molecule has 0 spiro atoms. The Labute approximate surface area is 148 Å². The molecule has 1 N–H and O–H groups in total. The summed E-state index contributed by atoms with van der Waals surface area (Å²) in [4.78, 5) is 28.0. The van der Waals surface area contributed by atoms with Gasteiger partial charge in [0.2, 0.25) is 11.8 Å². The molecule has 5 heteroatoms. The molecule has 1 saturated carbocycles. The maximum atomic E-state index is 12.8. The first-order chi connectivity index (χ1) is 11.9. The second-order valence-corrected chi connectivity index (χ2v) is 7.27. The molecule has 3 rings (SSSR count). The third kappa shape index (κ3) is 3.76. The average molecular weight is 342 g/mol. The van der Waals surface area contributed by atoms with E-state index in [4.69, 9.17) is 0 Å². The van der Waals surface area contributed by atoms with Crippen LogP contribution in [0.2, 0.25) is 0 Å². The zero-order valence-corrected chi connectivity index (χ0v) is 14.9. The van der Waals surface area contributed by atoms with Gasteiger partial charge in [-0.1, -0.05) is 37.1 Å². The van der Waals surface area contributed by atoms with Crippen molar-refractivity contribution in [3.8, 4) is 0 Å². The van der Waals surface area contributed by atoms with E-state index in [-0.39, 0.29) is 24.3 Å². The molecule has 1 aromatic carbocycles. The molecule has 1 heterocycles. The minimum Gasteiger partial charge on any atom is -0.388 e. The molecule has 134 valence electrons. The minimum atomic E-state index is -0.755. The number of aliphatic hydroxyl groups is 1. The second kappa shape index (κ2) is 7.00. The van der Waals surface area contributed by atoms with E-state index in [9.17, 15) is 14.7 Å². The zero-order valence-electron chi connectivity index (χ0n) is 14.9. The van der Waals surface area contributed by atoms with Crippen LogP contribution in [0.4, 0.5) is 0 Å². The van der Waals surface area contributed by atoms with Crippen molar-refractivity contribution in [1.82, 2.24) is 9.80 Å². The summed E-state index contributed by atoms with van der Waals surface area (Å²) in [6.45, 7) is 1.87. The van der Waals surface area contributed by atoms with Gasteiger partial charge >= 0.3 is 0 Å². The predicted octanol–water partition coefficient (Wildman–Crippen LogP) is 2.71. The van der Waals surface area contributed by atoms with Gasteiger partial charge in [0.1, 0.15) is 0 Å². The van der Waals surface area contributed by atoms with E-state index in [1.165, 1.54) is 6.92 Å². The highest BCUT2D eigenvalue weighted by Crippen LogP contribution is 2.34. The first-order valence-electron chi connectivity index (χ1n) is 8.92. The Kier molecular flexibility index (Phi) is 4.95. The predicted molar refractivity (Wildman–Crippen MR) is 96.4 cm³/mol. The van der Waals surface area contributed by atoms with Crippen LogP contribution in [0.5, 0.6) is 0 Å². The number of likely N-dealkylation sites (N-methyl/N-ethyl adjacent to an activating group) is 1. The molecule has 1 atom stereocenters. The number of hydrogen-bond donors (Lipinski definition) is 1. The fourth-order valence-electron chi connectivity index (χ4n) is 3.96. The van der Waals surface area contributed by atoms with Gasteiger partial charge in [-0.15, -0.1) is 0 Å².